The molecular formula is C22H23F5N2O6. The van der Waals surface area contributed by atoms with Gasteiger partial charge in [0.2, 0.25) is 5.82 Å². The van der Waals surface area contributed by atoms with Crippen LogP contribution in [0.15, 0.2) is 16.9 Å². The van der Waals surface area contributed by atoms with Gasteiger partial charge in [0, 0.05) is 17.4 Å². The number of aliphatic hydroxyl groups excluding tert-OH is 1. The first-order chi connectivity index (χ1) is 16.3. The second-order valence-corrected chi connectivity index (χ2v) is 8.21. The number of nitrogens with one attached hydrogen (secondary N) is 1. The first-order valence-electron chi connectivity index (χ1n) is 10.4. The summed E-state index contributed by atoms with van der Waals surface area (Å²) in [6, 6.07) is 1.84. The summed E-state index contributed by atoms with van der Waals surface area (Å²) in [5.74, 6) is -7.37. The van der Waals surface area contributed by atoms with E-state index in [1.807, 2.05) is 0 Å². The summed E-state index contributed by atoms with van der Waals surface area (Å²) in [6.07, 6.45) is -6.46. The predicted molar refractivity (Wildman–Crippen MR) is 110 cm³/mol. The minimum absolute atomic E-state index is 0.122. The Hall–Kier alpha value is -3.06. The Balaban J connectivity index is 2.20. The maximum atomic E-state index is 14.5. The smallest absolute Gasteiger partial charge is 0.417 e. The Bertz CT molecular complexity index is 1180. The quantitative estimate of drug-likeness (QED) is 0.457. The fraction of sp³-hybridized carbons (Fsp3) is 0.500. The third kappa shape index (κ3) is 4.49. The van der Waals surface area contributed by atoms with Crippen molar-refractivity contribution in [2.24, 2.45) is 5.92 Å². The van der Waals surface area contributed by atoms with Crippen LogP contribution in [-0.4, -0.2) is 53.1 Å². The molecule has 0 amide bonds. The van der Waals surface area contributed by atoms with E-state index in [-0.39, 0.29) is 23.7 Å². The molecule has 1 aromatic carbocycles. The lowest BCUT2D eigenvalue weighted by molar-refractivity contribution is -0.275. The average molecular weight is 506 g/mol. The Morgan fingerprint density at radius 3 is 2.51 bits per heavy atom. The van der Waals surface area contributed by atoms with Crippen LogP contribution in [0.1, 0.15) is 53.3 Å². The van der Waals surface area contributed by atoms with Gasteiger partial charge in [-0.25, -0.2) is 14.2 Å². The molecule has 8 nitrogen and oxygen atoms in total. The highest BCUT2D eigenvalue weighted by molar-refractivity contribution is 5.90. The summed E-state index contributed by atoms with van der Waals surface area (Å²) in [5, 5.41) is 8.80. The van der Waals surface area contributed by atoms with Gasteiger partial charge in [0.25, 0.3) is 5.56 Å². The standard InChI is InChI=1S/C22H23F5N2O6/c1-9-13(11-5-6-12(23)15(24)16(11)33-4)17(35-21(9,3)22(25,26)27)18-28-10(2)14(19(31)29-18)20(32)34-8-7-30/h5-6,9,13,17,30H,7-8H2,1-4H3,(H,28,29,31)/t9-,13-,17+,21+/m0/s1. The number of rotatable bonds is 6. The fourth-order valence-electron chi connectivity index (χ4n) is 4.24. The molecule has 2 N–H and O–H groups in total. The Morgan fingerprint density at radius 1 is 1.31 bits per heavy atom. The zero-order chi connectivity index (χ0) is 26.3. The number of carbonyl (C=O) groups is 1. The number of nitrogens with zero attached hydrogens (tertiary/aromatic N) is 1. The number of H-pyrrole nitrogens is 1. The molecule has 1 aromatic heterocycles. The van der Waals surface area contributed by atoms with Crippen molar-refractivity contribution < 1.29 is 46.1 Å². The number of aromatic amines is 1. The van der Waals surface area contributed by atoms with E-state index in [0.717, 1.165) is 26.2 Å². The third-order valence-electron chi connectivity index (χ3n) is 6.23. The van der Waals surface area contributed by atoms with Crippen molar-refractivity contribution in [3.63, 3.8) is 0 Å². The Kier molecular flexibility index (Phi) is 7.23. The summed E-state index contributed by atoms with van der Waals surface area (Å²) in [4.78, 5) is 31.1. The molecular weight excluding hydrogens is 483 g/mol. The molecule has 192 valence electrons. The molecule has 0 bridgehead atoms. The summed E-state index contributed by atoms with van der Waals surface area (Å²) in [6.45, 7) is 2.43. The molecule has 2 aromatic rings. The van der Waals surface area contributed by atoms with Gasteiger partial charge in [0.05, 0.1) is 19.4 Å². The van der Waals surface area contributed by atoms with E-state index >= 15 is 0 Å². The number of ether oxygens (including phenoxy) is 3. The summed E-state index contributed by atoms with van der Waals surface area (Å²) in [5.41, 5.74) is -4.57. The number of alkyl halides is 3. The molecule has 2 heterocycles. The van der Waals surface area contributed by atoms with E-state index in [0.29, 0.717) is 0 Å². The zero-order valence-corrected chi connectivity index (χ0v) is 19.1. The first kappa shape index (κ1) is 26.5. The molecule has 35 heavy (non-hydrogen) atoms. The number of carbonyl (C=O) groups excluding carboxylic acids is 1. The van der Waals surface area contributed by atoms with Crippen molar-refractivity contribution in [2.45, 2.75) is 44.6 Å². The van der Waals surface area contributed by atoms with Crippen LogP contribution in [0.5, 0.6) is 5.75 Å². The number of halogens is 5. The van der Waals surface area contributed by atoms with Crippen molar-refractivity contribution in [2.75, 3.05) is 20.3 Å². The van der Waals surface area contributed by atoms with Crippen molar-refractivity contribution in [3.05, 3.63) is 56.8 Å². The van der Waals surface area contributed by atoms with Crippen molar-refractivity contribution >= 4 is 5.97 Å². The predicted octanol–water partition coefficient (Wildman–Crippen LogP) is 3.33. The lowest BCUT2D eigenvalue weighted by Crippen LogP contribution is -2.46. The van der Waals surface area contributed by atoms with Crippen LogP contribution in [0.2, 0.25) is 0 Å². The molecule has 13 heteroatoms. The number of aliphatic hydroxyl groups is 1. The van der Waals surface area contributed by atoms with E-state index in [1.165, 1.54) is 13.8 Å². The van der Waals surface area contributed by atoms with E-state index < -0.39 is 70.8 Å². The highest BCUT2D eigenvalue weighted by Crippen LogP contribution is 2.59. The molecule has 0 aliphatic carbocycles. The molecule has 3 rings (SSSR count). The summed E-state index contributed by atoms with van der Waals surface area (Å²) < 4.78 is 85.7. The minimum atomic E-state index is -4.88. The number of esters is 1. The number of hydrogen-bond acceptors (Lipinski definition) is 7. The topological polar surface area (TPSA) is 111 Å². The minimum Gasteiger partial charge on any atom is -0.493 e. The van der Waals surface area contributed by atoms with Gasteiger partial charge in [-0.15, -0.1) is 0 Å². The van der Waals surface area contributed by atoms with Crippen molar-refractivity contribution in [1.29, 1.82) is 0 Å². The first-order valence-corrected chi connectivity index (χ1v) is 10.4. The van der Waals surface area contributed by atoms with Gasteiger partial charge < -0.3 is 24.3 Å². The van der Waals surface area contributed by atoms with Gasteiger partial charge >= 0.3 is 12.1 Å². The molecule has 0 saturated carbocycles. The average Bonchev–Trinajstić information content (AvgIpc) is 3.05. The normalized spacial score (nSPS) is 24.5. The van der Waals surface area contributed by atoms with Crippen molar-refractivity contribution in [1.82, 2.24) is 9.97 Å². The molecule has 1 saturated heterocycles. The largest absolute Gasteiger partial charge is 0.493 e. The fourth-order valence-corrected chi connectivity index (χ4v) is 4.24. The lowest BCUT2D eigenvalue weighted by atomic mass is 9.77. The van der Waals surface area contributed by atoms with Crippen LogP contribution in [0, 0.1) is 24.5 Å². The third-order valence-corrected chi connectivity index (χ3v) is 6.23. The molecule has 1 aliphatic heterocycles. The van der Waals surface area contributed by atoms with Crippen LogP contribution in [0.4, 0.5) is 22.0 Å². The maximum absolute atomic E-state index is 14.5. The van der Waals surface area contributed by atoms with Crippen LogP contribution < -0.4 is 10.3 Å². The van der Waals surface area contributed by atoms with Gasteiger partial charge in [-0.3, -0.25) is 4.79 Å². The highest BCUT2D eigenvalue weighted by atomic mass is 19.4. The number of benzene rings is 1. The second kappa shape index (κ2) is 9.53. The second-order valence-electron chi connectivity index (χ2n) is 8.21. The molecule has 1 aliphatic rings. The van der Waals surface area contributed by atoms with Crippen LogP contribution >= 0.6 is 0 Å². The molecule has 1 fully saturated rings. The van der Waals surface area contributed by atoms with Gasteiger partial charge in [0.1, 0.15) is 24.1 Å². The van der Waals surface area contributed by atoms with Gasteiger partial charge in [-0.05, 0) is 19.9 Å². The SMILES string of the molecule is COc1c([C@H]2[C@H](c3nc(C)c(C(=O)OCCO)c(=O)[nH]3)O[C@@](C)(C(F)(F)F)[C@H]2C)ccc(F)c1F. The monoisotopic (exact) mass is 506 g/mol. The van der Waals surface area contributed by atoms with Crippen LogP contribution in [0.3, 0.4) is 0 Å². The van der Waals surface area contributed by atoms with Gasteiger partial charge in [-0.1, -0.05) is 13.0 Å². The zero-order valence-electron chi connectivity index (χ0n) is 19.1. The van der Waals surface area contributed by atoms with Gasteiger partial charge in [-0.2, -0.15) is 17.6 Å². The molecule has 0 unspecified atom stereocenters. The van der Waals surface area contributed by atoms with Gasteiger partial charge in [0.15, 0.2) is 17.2 Å². The number of aryl methyl sites for hydroxylation is 1. The van der Waals surface area contributed by atoms with Crippen LogP contribution in [-0.2, 0) is 9.47 Å². The maximum Gasteiger partial charge on any atom is 0.417 e. The summed E-state index contributed by atoms with van der Waals surface area (Å²) >= 11 is 0. The van der Waals surface area contributed by atoms with E-state index in [4.69, 9.17) is 19.3 Å². The highest BCUT2D eigenvalue weighted by Gasteiger charge is 2.65. The van der Waals surface area contributed by atoms with Crippen molar-refractivity contribution in [3.8, 4) is 5.75 Å². The van der Waals surface area contributed by atoms with Crippen LogP contribution in [0.25, 0.3) is 0 Å². The molecule has 0 radical (unpaired) electrons. The molecule has 0 spiro atoms. The number of hydrogen-bond donors (Lipinski definition) is 2. The Morgan fingerprint density at radius 2 is 1.97 bits per heavy atom. The Labute approximate surface area is 196 Å². The number of aromatic nitrogens is 2. The number of methoxy groups -OCH3 is 1. The summed E-state index contributed by atoms with van der Waals surface area (Å²) in [7, 11) is 1.04. The van der Waals surface area contributed by atoms with E-state index in [1.54, 1.807) is 0 Å². The lowest BCUT2D eigenvalue weighted by Gasteiger charge is -2.32. The molecule has 4 atom stereocenters. The van der Waals surface area contributed by atoms with E-state index in [2.05, 4.69) is 9.97 Å². The van der Waals surface area contributed by atoms with E-state index in [9.17, 15) is 31.5 Å².